The van der Waals surface area contributed by atoms with Crippen LogP contribution in [-0.2, 0) is 11.3 Å². The zero-order valence-corrected chi connectivity index (χ0v) is 12.8. The number of rotatable bonds is 3. The molecule has 21 heavy (non-hydrogen) atoms. The number of halogens is 1. The first kappa shape index (κ1) is 14.1. The molecule has 5 heteroatoms. The van der Waals surface area contributed by atoms with Crippen molar-refractivity contribution >= 4 is 17.5 Å². The van der Waals surface area contributed by atoms with E-state index in [1.807, 2.05) is 4.90 Å². The summed E-state index contributed by atoms with van der Waals surface area (Å²) in [6.45, 7) is 3.13. The number of hydrogen-bond donors (Lipinski definition) is 0. The van der Waals surface area contributed by atoms with Gasteiger partial charge in [0.1, 0.15) is 6.54 Å². The summed E-state index contributed by atoms with van der Waals surface area (Å²) in [6, 6.07) is 8.63. The van der Waals surface area contributed by atoms with E-state index < -0.39 is 0 Å². The van der Waals surface area contributed by atoms with E-state index in [2.05, 4.69) is 36.3 Å². The van der Waals surface area contributed by atoms with Crippen molar-refractivity contribution in [1.82, 2.24) is 14.7 Å². The van der Waals surface area contributed by atoms with Gasteiger partial charge in [0.15, 0.2) is 0 Å². The van der Waals surface area contributed by atoms with Crippen molar-refractivity contribution < 1.29 is 4.79 Å². The van der Waals surface area contributed by atoms with Gasteiger partial charge in [0.2, 0.25) is 5.91 Å². The average molecular weight is 304 g/mol. The molecule has 0 saturated carbocycles. The highest BCUT2D eigenvalue weighted by molar-refractivity contribution is 6.30. The lowest BCUT2D eigenvalue weighted by molar-refractivity contribution is -0.133. The molecule has 110 valence electrons. The van der Waals surface area contributed by atoms with E-state index in [1.54, 1.807) is 17.1 Å². The van der Waals surface area contributed by atoms with Gasteiger partial charge in [0.05, 0.1) is 17.3 Å². The molecule has 0 aliphatic carbocycles. The number of likely N-dealkylation sites (tertiary alicyclic amines) is 1. The van der Waals surface area contributed by atoms with Crippen molar-refractivity contribution in [2.45, 2.75) is 32.4 Å². The van der Waals surface area contributed by atoms with E-state index in [4.69, 9.17) is 11.6 Å². The summed E-state index contributed by atoms with van der Waals surface area (Å²) in [5.41, 5.74) is 2.45. The molecular formula is C16H18ClN3O. The Kier molecular flexibility index (Phi) is 3.97. The van der Waals surface area contributed by atoms with Gasteiger partial charge < -0.3 is 4.90 Å². The molecule has 0 unspecified atom stereocenters. The van der Waals surface area contributed by atoms with E-state index in [0.717, 1.165) is 19.4 Å². The number of aromatic nitrogens is 2. The number of nitrogens with zero attached hydrogens (tertiary/aromatic N) is 3. The van der Waals surface area contributed by atoms with Gasteiger partial charge in [-0.05, 0) is 25.3 Å². The minimum atomic E-state index is 0.0952. The van der Waals surface area contributed by atoms with Crippen molar-refractivity contribution in [3.8, 4) is 0 Å². The van der Waals surface area contributed by atoms with Gasteiger partial charge in [-0.15, -0.1) is 0 Å². The molecule has 1 aromatic carbocycles. The largest absolute Gasteiger partial charge is 0.334 e. The molecule has 2 aromatic rings. The second kappa shape index (κ2) is 5.90. The van der Waals surface area contributed by atoms with Gasteiger partial charge in [-0.25, -0.2) is 0 Å². The molecule has 0 spiro atoms. The Morgan fingerprint density at radius 2 is 2.14 bits per heavy atom. The van der Waals surface area contributed by atoms with Crippen LogP contribution in [0.15, 0.2) is 36.7 Å². The first-order valence-electron chi connectivity index (χ1n) is 7.17. The third kappa shape index (κ3) is 3.10. The monoisotopic (exact) mass is 303 g/mol. The lowest BCUT2D eigenvalue weighted by Gasteiger charge is -2.25. The third-order valence-corrected chi connectivity index (χ3v) is 4.13. The van der Waals surface area contributed by atoms with E-state index in [1.165, 1.54) is 11.1 Å². The summed E-state index contributed by atoms with van der Waals surface area (Å²) < 4.78 is 1.59. The van der Waals surface area contributed by atoms with Gasteiger partial charge in [0.25, 0.3) is 0 Å². The zero-order valence-electron chi connectivity index (χ0n) is 12.0. The van der Waals surface area contributed by atoms with Crippen molar-refractivity contribution in [3.63, 3.8) is 0 Å². The molecule has 1 saturated heterocycles. The number of aryl methyl sites for hydroxylation is 1. The first-order valence-corrected chi connectivity index (χ1v) is 7.55. The highest BCUT2D eigenvalue weighted by Crippen LogP contribution is 2.32. The molecule has 1 aliphatic rings. The molecule has 1 amide bonds. The van der Waals surface area contributed by atoms with Crippen LogP contribution in [-0.4, -0.2) is 27.1 Å². The Morgan fingerprint density at radius 3 is 2.81 bits per heavy atom. The molecule has 1 atom stereocenters. The van der Waals surface area contributed by atoms with E-state index in [-0.39, 0.29) is 18.5 Å². The Hall–Kier alpha value is -1.81. The van der Waals surface area contributed by atoms with Crippen LogP contribution in [0.4, 0.5) is 0 Å². The lowest BCUT2D eigenvalue weighted by atomic mass is 10.0. The van der Waals surface area contributed by atoms with Gasteiger partial charge in [0, 0.05) is 12.7 Å². The van der Waals surface area contributed by atoms with Crippen molar-refractivity contribution in [2.75, 3.05) is 6.54 Å². The molecular weight excluding hydrogens is 286 g/mol. The zero-order chi connectivity index (χ0) is 14.8. The van der Waals surface area contributed by atoms with Crippen LogP contribution in [0.1, 0.15) is 30.0 Å². The van der Waals surface area contributed by atoms with Crippen LogP contribution < -0.4 is 0 Å². The quantitative estimate of drug-likeness (QED) is 0.873. The van der Waals surface area contributed by atoms with Crippen LogP contribution in [0, 0.1) is 6.92 Å². The molecule has 0 bridgehead atoms. The maximum absolute atomic E-state index is 12.5. The first-order chi connectivity index (χ1) is 10.1. The summed E-state index contributed by atoms with van der Waals surface area (Å²) in [4.78, 5) is 14.5. The fourth-order valence-electron chi connectivity index (χ4n) is 2.85. The predicted molar refractivity (Wildman–Crippen MR) is 82.1 cm³/mol. The van der Waals surface area contributed by atoms with Gasteiger partial charge in [-0.3, -0.25) is 9.48 Å². The summed E-state index contributed by atoms with van der Waals surface area (Å²) >= 11 is 5.83. The summed E-state index contributed by atoms with van der Waals surface area (Å²) in [5, 5.41) is 4.63. The normalized spacial score (nSPS) is 18.2. The molecule has 1 aliphatic heterocycles. The number of carbonyl (C=O) groups is 1. The molecule has 2 heterocycles. The fourth-order valence-corrected chi connectivity index (χ4v) is 3.01. The Bertz CT molecular complexity index is 635. The maximum Gasteiger partial charge on any atom is 0.244 e. The van der Waals surface area contributed by atoms with Gasteiger partial charge in [-0.2, -0.15) is 5.10 Å². The average Bonchev–Trinajstić information content (AvgIpc) is 3.09. The number of benzene rings is 1. The summed E-state index contributed by atoms with van der Waals surface area (Å²) in [5.74, 6) is 0.0952. The smallest absolute Gasteiger partial charge is 0.244 e. The fraction of sp³-hybridized carbons (Fsp3) is 0.375. The Morgan fingerprint density at radius 1 is 1.38 bits per heavy atom. The van der Waals surface area contributed by atoms with E-state index in [9.17, 15) is 4.79 Å². The Balaban J connectivity index is 1.74. The summed E-state index contributed by atoms with van der Waals surface area (Å²) in [6.07, 6.45) is 5.30. The highest BCUT2D eigenvalue weighted by Gasteiger charge is 2.29. The van der Waals surface area contributed by atoms with Crippen LogP contribution >= 0.6 is 11.6 Å². The third-order valence-electron chi connectivity index (χ3n) is 3.93. The minimum Gasteiger partial charge on any atom is -0.334 e. The predicted octanol–water partition coefficient (Wildman–Crippen LogP) is 3.21. The summed E-state index contributed by atoms with van der Waals surface area (Å²) in [7, 11) is 0. The second-order valence-corrected chi connectivity index (χ2v) is 5.95. The van der Waals surface area contributed by atoms with Crippen LogP contribution in [0.25, 0.3) is 0 Å². The number of hydrogen-bond acceptors (Lipinski definition) is 2. The second-order valence-electron chi connectivity index (χ2n) is 5.51. The molecule has 4 nitrogen and oxygen atoms in total. The van der Waals surface area contributed by atoms with Crippen LogP contribution in [0.3, 0.4) is 0 Å². The minimum absolute atomic E-state index is 0.0952. The molecule has 1 fully saturated rings. The molecule has 0 N–H and O–H groups in total. The van der Waals surface area contributed by atoms with Crippen LogP contribution in [0.2, 0.25) is 5.02 Å². The SMILES string of the molecule is Cc1ccc([C@H]2CCCN2C(=O)Cn2cc(Cl)cn2)cc1. The van der Waals surface area contributed by atoms with E-state index >= 15 is 0 Å². The Labute approximate surface area is 129 Å². The number of amides is 1. The van der Waals surface area contributed by atoms with Crippen LogP contribution in [0.5, 0.6) is 0 Å². The lowest BCUT2D eigenvalue weighted by Crippen LogP contribution is -2.33. The molecule has 1 aromatic heterocycles. The molecule has 3 rings (SSSR count). The highest BCUT2D eigenvalue weighted by atomic mass is 35.5. The van der Waals surface area contributed by atoms with Crippen molar-refractivity contribution in [3.05, 3.63) is 52.8 Å². The topological polar surface area (TPSA) is 38.1 Å². The van der Waals surface area contributed by atoms with Gasteiger partial charge in [-0.1, -0.05) is 41.4 Å². The standard InChI is InChI=1S/C16H18ClN3O/c1-12-4-6-13(7-5-12)15-3-2-8-20(15)16(21)11-19-10-14(17)9-18-19/h4-7,9-10,15H,2-3,8,11H2,1H3/t15-/m1/s1. The maximum atomic E-state index is 12.5. The van der Waals surface area contributed by atoms with Crippen molar-refractivity contribution in [1.29, 1.82) is 0 Å². The van der Waals surface area contributed by atoms with Crippen molar-refractivity contribution in [2.24, 2.45) is 0 Å². The molecule has 0 radical (unpaired) electrons. The number of carbonyl (C=O) groups excluding carboxylic acids is 1. The van der Waals surface area contributed by atoms with Gasteiger partial charge >= 0.3 is 0 Å². The van der Waals surface area contributed by atoms with E-state index in [0.29, 0.717) is 5.02 Å².